The second kappa shape index (κ2) is 7.68. The maximum atomic E-state index is 11.5. The van der Waals surface area contributed by atoms with Crippen molar-refractivity contribution in [3.8, 4) is 5.75 Å². The Morgan fingerprint density at radius 3 is 2.53 bits per heavy atom. The summed E-state index contributed by atoms with van der Waals surface area (Å²) in [7, 11) is 0. The van der Waals surface area contributed by atoms with Gasteiger partial charge in [-0.25, -0.2) is 4.79 Å². The van der Waals surface area contributed by atoms with Crippen LogP contribution in [-0.4, -0.2) is 35.4 Å². The Balaban J connectivity index is 2.30. The smallest absolute Gasteiger partial charge is 0.327 e. The molecule has 0 aliphatic heterocycles. The minimum atomic E-state index is -1.09. The average Bonchev–Trinajstić information content (AvgIpc) is 2.38. The van der Waals surface area contributed by atoms with Gasteiger partial charge < -0.3 is 15.2 Å². The van der Waals surface area contributed by atoms with Gasteiger partial charge in [-0.1, -0.05) is 17.7 Å². The van der Waals surface area contributed by atoms with Crippen LogP contribution in [0.25, 0.3) is 0 Å². The molecule has 1 aromatic carbocycles. The molecule has 6 heteroatoms. The lowest BCUT2D eigenvalue weighted by atomic mass is 10.2. The third kappa shape index (κ3) is 5.65. The SMILES string of the molecule is Cc1ccc(OCCC(=O)NC(CS)C(=O)O)cc1. The highest BCUT2D eigenvalue weighted by atomic mass is 32.1. The van der Waals surface area contributed by atoms with E-state index in [1.807, 2.05) is 31.2 Å². The van der Waals surface area contributed by atoms with Crippen LogP contribution >= 0.6 is 12.6 Å². The molecule has 0 fully saturated rings. The maximum absolute atomic E-state index is 11.5. The van der Waals surface area contributed by atoms with E-state index in [1.165, 1.54) is 0 Å². The number of ether oxygens (including phenoxy) is 1. The Morgan fingerprint density at radius 1 is 1.37 bits per heavy atom. The first-order chi connectivity index (χ1) is 9.02. The second-order valence-electron chi connectivity index (χ2n) is 4.05. The van der Waals surface area contributed by atoms with E-state index >= 15 is 0 Å². The molecule has 0 heterocycles. The molecule has 0 radical (unpaired) electrons. The summed E-state index contributed by atoms with van der Waals surface area (Å²) in [5, 5.41) is 11.1. The summed E-state index contributed by atoms with van der Waals surface area (Å²) in [6, 6.07) is 6.51. The van der Waals surface area contributed by atoms with Crippen LogP contribution in [0, 0.1) is 6.92 Å². The van der Waals surface area contributed by atoms with Crippen molar-refractivity contribution in [2.75, 3.05) is 12.4 Å². The Labute approximate surface area is 117 Å². The van der Waals surface area contributed by atoms with Crippen LogP contribution in [0.2, 0.25) is 0 Å². The molecule has 0 aliphatic carbocycles. The zero-order valence-corrected chi connectivity index (χ0v) is 11.5. The number of benzene rings is 1. The molecular weight excluding hydrogens is 266 g/mol. The maximum Gasteiger partial charge on any atom is 0.327 e. The van der Waals surface area contributed by atoms with Gasteiger partial charge in [0.25, 0.3) is 0 Å². The number of hydrogen-bond acceptors (Lipinski definition) is 4. The van der Waals surface area contributed by atoms with Crippen LogP contribution < -0.4 is 10.1 Å². The summed E-state index contributed by atoms with van der Waals surface area (Å²) in [5.41, 5.74) is 1.13. The number of nitrogens with one attached hydrogen (secondary N) is 1. The molecule has 5 nitrogen and oxygen atoms in total. The van der Waals surface area contributed by atoms with Crippen LogP contribution in [0.3, 0.4) is 0 Å². The van der Waals surface area contributed by atoms with Crippen molar-refractivity contribution in [3.05, 3.63) is 29.8 Å². The summed E-state index contributed by atoms with van der Waals surface area (Å²) in [4.78, 5) is 22.2. The van der Waals surface area contributed by atoms with Gasteiger partial charge in [-0.3, -0.25) is 4.79 Å². The number of amides is 1. The Hall–Kier alpha value is -1.69. The number of carboxylic acid groups (broad SMARTS) is 1. The lowest BCUT2D eigenvalue weighted by Crippen LogP contribution is -2.42. The second-order valence-corrected chi connectivity index (χ2v) is 4.42. The van der Waals surface area contributed by atoms with Gasteiger partial charge in [-0.05, 0) is 19.1 Å². The number of aryl methyl sites for hydroxylation is 1. The van der Waals surface area contributed by atoms with Gasteiger partial charge in [0.1, 0.15) is 11.8 Å². The summed E-state index contributed by atoms with van der Waals surface area (Å²) in [6.07, 6.45) is 0.103. The normalized spacial score (nSPS) is 11.7. The molecule has 2 N–H and O–H groups in total. The largest absolute Gasteiger partial charge is 0.493 e. The van der Waals surface area contributed by atoms with Gasteiger partial charge in [0, 0.05) is 5.75 Å². The molecule has 1 atom stereocenters. The van der Waals surface area contributed by atoms with E-state index in [2.05, 4.69) is 17.9 Å². The molecule has 0 saturated heterocycles. The highest BCUT2D eigenvalue weighted by Crippen LogP contribution is 2.11. The fourth-order valence-electron chi connectivity index (χ4n) is 1.35. The standard InChI is InChI=1S/C13H17NO4S/c1-9-2-4-10(5-3-9)18-7-6-12(15)14-11(8-19)13(16)17/h2-5,11,19H,6-8H2,1H3,(H,14,15)(H,16,17). The number of hydrogen-bond donors (Lipinski definition) is 3. The third-order valence-corrected chi connectivity index (χ3v) is 2.80. The van der Waals surface area contributed by atoms with Gasteiger partial charge in [0.15, 0.2) is 0 Å². The summed E-state index contributed by atoms with van der Waals surface area (Å²) in [6.45, 7) is 2.18. The summed E-state index contributed by atoms with van der Waals surface area (Å²) in [5.74, 6) is -0.723. The molecule has 19 heavy (non-hydrogen) atoms. The molecular formula is C13H17NO4S. The molecule has 0 aliphatic rings. The first-order valence-corrected chi connectivity index (χ1v) is 6.48. The van der Waals surface area contributed by atoms with Crippen LogP contribution in [-0.2, 0) is 9.59 Å². The number of carbonyl (C=O) groups excluding carboxylic acids is 1. The Kier molecular flexibility index (Phi) is 6.21. The number of thiol groups is 1. The van der Waals surface area contributed by atoms with Crippen molar-refractivity contribution in [1.29, 1.82) is 0 Å². The van der Waals surface area contributed by atoms with Gasteiger partial charge in [-0.2, -0.15) is 12.6 Å². The van der Waals surface area contributed by atoms with Crippen molar-refractivity contribution in [1.82, 2.24) is 5.32 Å². The summed E-state index contributed by atoms with van der Waals surface area (Å²) >= 11 is 3.86. The van der Waals surface area contributed by atoms with E-state index in [9.17, 15) is 9.59 Å². The zero-order chi connectivity index (χ0) is 14.3. The molecule has 1 rings (SSSR count). The minimum absolute atomic E-state index is 0.0554. The lowest BCUT2D eigenvalue weighted by molar-refractivity contribution is -0.141. The van der Waals surface area contributed by atoms with Crippen LogP contribution in [0.5, 0.6) is 5.75 Å². The first kappa shape index (κ1) is 15.4. The molecule has 0 saturated carbocycles. The van der Waals surface area contributed by atoms with E-state index in [1.54, 1.807) is 0 Å². The monoisotopic (exact) mass is 283 g/mol. The first-order valence-electron chi connectivity index (χ1n) is 5.85. The number of carbonyl (C=O) groups is 2. The molecule has 0 spiro atoms. The molecule has 104 valence electrons. The number of rotatable bonds is 7. The van der Waals surface area contributed by atoms with E-state index in [-0.39, 0.29) is 24.7 Å². The van der Waals surface area contributed by atoms with Crippen LogP contribution in [0.4, 0.5) is 0 Å². The lowest BCUT2D eigenvalue weighted by Gasteiger charge is -2.12. The zero-order valence-electron chi connectivity index (χ0n) is 10.6. The highest BCUT2D eigenvalue weighted by Gasteiger charge is 2.17. The van der Waals surface area contributed by atoms with Gasteiger partial charge in [0.05, 0.1) is 13.0 Å². The Morgan fingerprint density at radius 2 is 2.00 bits per heavy atom. The highest BCUT2D eigenvalue weighted by molar-refractivity contribution is 7.80. The van der Waals surface area contributed by atoms with E-state index in [4.69, 9.17) is 9.84 Å². The van der Waals surface area contributed by atoms with E-state index < -0.39 is 12.0 Å². The topological polar surface area (TPSA) is 75.6 Å². The predicted molar refractivity (Wildman–Crippen MR) is 74.7 cm³/mol. The van der Waals surface area contributed by atoms with Gasteiger partial charge in [0.2, 0.25) is 5.91 Å². The Bertz CT molecular complexity index is 433. The molecule has 1 amide bonds. The molecule has 1 unspecified atom stereocenters. The molecule has 0 bridgehead atoms. The van der Waals surface area contributed by atoms with E-state index in [0.29, 0.717) is 5.75 Å². The van der Waals surface area contributed by atoms with Gasteiger partial charge >= 0.3 is 5.97 Å². The van der Waals surface area contributed by atoms with Crippen molar-refractivity contribution < 1.29 is 19.4 Å². The summed E-state index contributed by atoms with van der Waals surface area (Å²) < 4.78 is 5.38. The quantitative estimate of drug-likeness (QED) is 0.659. The fraction of sp³-hybridized carbons (Fsp3) is 0.385. The van der Waals surface area contributed by atoms with Crippen LogP contribution in [0.1, 0.15) is 12.0 Å². The minimum Gasteiger partial charge on any atom is -0.493 e. The van der Waals surface area contributed by atoms with Crippen molar-refractivity contribution >= 4 is 24.5 Å². The fourth-order valence-corrected chi connectivity index (χ4v) is 1.60. The van der Waals surface area contributed by atoms with E-state index in [0.717, 1.165) is 5.56 Å². The third-order valence-electron chi connectivity index (χ3n) is 2.43. The van der Waals surface area contributed by atoms with Crippen molar-refractivity contribution in [3.63, 3.8) is 0 Å². The predicted octanol–water partition coefficient (Wildman–Crippen LogP) is 1.26. The number of aliphatic carboxylic acids is 1. The van der Waals surface area contributed by atoms with Gasteiger partial charge in [-0.15, -0.1) is 0 Å². The van der Waals surface area contributed by atoms with Crippen molar-refractivity contribution in [2.45, 2.75) is 19.4 Å². The molecule has 0 aromatic heterocycles. The van der Waals surface area contributed by atoms with Crippen molar-refractivity contribution in [2.24, 2.45) is 0 Å². The average molecular weight is 283 g/mol. The van der Waals surface area contributed by atoms with Crippen LogP contribution in [0.15, 0.2) is 24.3 Å². The molecule has 1 aromatic rings. The number of carboxylic acids is 1.